The minimum Gasteiger partial charge on any atom is -0.0877 e. The zero-order valence-corrected chi connectivity index (χ0v) is 6.65. The van der Waals surface area contributed by atoms with Crippen molar-refractivity contribution in [1.29, 1.82) is 0 Å². The van der Waals surface area contributed by atoms with Crippen molar-refractivity contribution in [3.63, 3.8) is 0 Å². The Balaban J connectivity index is 3.75. The molecule has 0 fully saturated rings. The smallest absolute Gasteiger partial charge is 0.0346 e. The van der Waals surface area contributed by atoms with E-state index in [1.807, 2.05) is 6.92 Å². The molecule has 0 nitrogen and oxygen atoms in total. The van der Waals surface area contributed by atoms with Crippen molar-refractivity contribution in [2.24, 2.45) is 0 Å². The van der Waals surface area contributed by atoms with Gasteiger partial charge in [0.15, 0.2) is 0 Å². The summed E-state index contributed by atoms with van der Waals surface area (Å²) >= 11 is 0. The van der Waals surface area contributed by atoms with E-state index < -0.39 is 0 Å². The van der Waals surface area contributed by atoms with Crippen LogP contribution in [0.2, 0.25) is 0 Å². The van der Waals surface area contributed by atoms with Gasteiger partial charge in [-0.25, -0.2) is 0 Å². The average Bonchev–Trinajstić information content (AvgIpc) is 1.91. The van der Waals surface area contributed by atoms with Gasteiger partial charge in [0.2, 0.25) is 0 Å². The van der Waals surface area contributed by atoms with E-state index in [9.17, 15) is 0 Å². The molecule has 0 aromatic rings. The Morgan fingerprint density at radius 2 is 1.78 bits per heavy atom. The van der Waals surface area contributed by atoms with Crippen molar-refractivity contribution < 1.29 is 0 Å². The predicted molar refractivity (Wildman–Crippen MR) is 43.5 cm³/mol. The van der Waals surface area contributed by atoms with Crippen molar-refractivity contribution in [2.75, 3.05) is 0 Å². The van der Waals surface area contributed by atoms with Crippen LogP contribution in [0.5, 0.6) is 0 Å². The van der Waals surface area contributed by atoms with Gasteiger partial charge < -0.3 is 0 Å². The van der Waals surface area contributed by atoms with Crippen LogP contribution in [-0.4, -0.2) is 0 Å². The van der Waals surface area contributed by atoms with Crippen molar-refractivity contribution in [1.82, 2.24) is 0 Å². The minimum atomic E-state index is 1.18. The number of hydrogen-bond acceptors (Lipinski definition) is 0. The Morgan fingerprint density at radius 3 is 2.11 bits per heavy atom. The van der Waals surface area contributed by atoms with E-state index in [0.717, 1.165) is 0 Å². The van der Waals surface area contributed by atoms with E-state index in [0.29, 0.717) is 0 Å². The molecule has 52 valence electrons. The van der Waals surface area contributed by atoms with Crippen LogP contribution in [0.15, 0.2) is 23.8 Å². The Labute approximate surface area is 58.3 Å². The highest BCUT2D eigenvalue weighted by Crippen LogP contribution is 2.04. The van der Waals surface area contributed by atoms with E-state index in [2.05, 4.69) is 32.1 Å². The Morgan fingerprint density at radius 1 is 1.22 bits per heavy atom. The molecule has 0 unspecified atom stereocenters. The molecule has 0 aliphatic rings. The maximum Gasteiger partial charge on any atom is -0.0346 e. The number of allylic oxidation sites excluding steroid dienone is 4. The molecule has 0 aliphatic heterocycles. The fourth-order valence-corrected chi connectivity index (χ4v) is 0.718. The first-order valence-corrected chi connectivity index (χ1v) is 3.65. The third-order valence-corrected chi connectivity index (χ3v) is 1.43. The second kappa shape index (κ2) is 5.61. The molecule has 0 saturated heterocycles. The molecular weight excluding hydrogens is 108 g/mol. The summed E-state index contributed by atoms with van der Waals surface area (Å²) in [5.41, 5.74) is 1.52. The van der Waals surface area contributed by atoms with Gasteiger partial charge in [-0.15, -0.1) is 0 Å². The van der Waals surface area contributed by atoms with Crippen molar-refractivity contribution >= 4 is 0 Å². The normalized spacial score (nSPS) is 10.1. The van der Waals surface area contributed by atoms with Crippen LogP contribution in [0.3, 0.4) is 0 Å². The number of hydrogen-bond donors (Lipinski definition) is 0. The Kier molecular flexibility index (Phi) is 5.29. The van der Waals surface area contributed by atoms with E-state index in [4.69, 9.17) is 0 Å². The zero-order chi connectivity index (χ0) is 7.11. The van der Waals surface area contributed by atoms with Gasteiger partial charge in [-0.1, -0.05) is 37.6 Å². The van der Waals surface area contributed by atoms with Crippen LogP contribution in [0.4, 0.5) is 0 Å². The van der Waals surface area contributed by atoms with Crippen molar-refractivity contribution in [2.45, 2.75) is 33.6 Å². The maximum absolute atomic E-state index is 2.19. The summed E-state index contributed by atoms with van der Waals surface area (Å²) < 4.78 is 0. The summed E-state index contributed by atoms with van der Waals surface area (Å²) in [6.45, 7) is 6.43. The van der Waals surface area contributed by atoms with Crippen LogP contribution < -0.4 is 0 Å². The summed E-state index contributed by atoms with van der Waals surface area (Å²) in [5.74, 6) is 0. The van der Waals surface area contributed by atoms with Crippen LogP contribution >= 0.6 is 0 Å². The first-order valence-electron chi connectivity index (χ1n) is 3.65. The quantitative estimate of drug-likeness (QED) is 0.506. The molecule has 0 aliphatic carbocycles. The van der Waals surface area contributed by atoms with Crippen LogP contribution in [0.25, 0.3) is 0 Å². The number of rotatable bonds is 3. The summed E-state index contributed by atoms with van der Waals surface area (Å²) in [6.07, 6.45) is 8.72. The van der Waals surface area contributed by atoms with Crippen LogP contribution in [0, 0.1) is 0 Å². The molecule has 0 rings (SSSR count). The minimum absolute atomic E-state index is 1.18. The van der Waals surface area contributed by atoms with E-state index >= 15 is 0 Å². The van der Waals surface area contributed by atoms with Crippen LogP contribution in [-0.2, 0) is 0 Å². The first-order chi connectivity index (χ1) is 4.35. The van der Waals surface area contributed by atoms with Gasteiger partial charge in [-0.3, -0.25) is 0 Å². The standard InChI is InChI=1S/C9H16/c1-4-7-8-9(5-2)6-3/h4,7-8H,5-6H2,1-3H3. The molecule has 0 bridgehead atoms. The fourth-order valence-electron chi connectivity index (χ4n) is 0.718. The molecule has 0 radical (unpaired) electrons. The fraction of sp³-hybridized carbons (Fsp3) is 0.556. The lowest BCUT2D eigenvalue weighted by Crippen LogP contribution is -1.73. The molecule has 0 aromatic heterocycles. The molecular formula is C9H16. The molecule has 0 saturated carbocycles. The lowest BCUT2D eigenvalue weighted by atomic mass is 10.1. The average molecular weight is 124 g/mol. The summed E-state index contributed by atoms with van der Waals surface area (Å²) in [4.78, 5) is 0. The highest BCUT2D eigenvalue weighted by molar-refractivity contribution is 5.10. The lowest BCUT2D eigenvalue weighted by Gasteiger charge is -1.94. The predicted octanol–water partition coefficient (Wildman–Crippen LogP) is 3.31. The second-order valence-electron chi connectivity index (χ2n) is 2.06. The Bertz CT molecular complexity index is 101. The van der Waals surface area contributed by atoms with E-state index in [-0.39, 0.29) is 0 Å². The Hall–Kier alpha value is -0.520. The van der Waals surface area contributed by atoms with Gasteiger partial charge in [0.25, 0.3) is 0 Å². The van der Waals surface area contributed by atoms with Crippen molar-refractivity contribution in [3.05, 3.63) is 23.8 Å². The second-order valence-corrected chi connectivity index (χ2v) is 2.06. The maximum atomic E-state index is 2.19. The van der Waals surface area contributed by atoms with Gasteiger partial charge in [0, 0.05) is 0 Å². The summed E-state index contributed by atoms with van der Waals surface area (Å²) in [7, 11) is 0. The third-order valence-electron chi connectivity index (χ3n) is 1.43. The molecule has 0 heterocycles. The molecule has 0 aromatic carbocycles. The van der Waals surface area contributed by atoms with Gasteiger partial charge in [0.1, 0.15) is 0 Å². The lowest BCUT2D eigenvalue weighted by molar-refractivity contribution is 0.978. The summed E-state index contributed by atoms with van der Waals surface area (Å²) in [5, 5.41) is 0. The van der Waals surface area contributed by atoms with Gasteiger partial charge in [0.05, 0.1) is 0 Å². The molecule has 9 heavy (non-hydrogen) atoms. The van der Waals surface area contributed by atoms with E-state index in [1.165, 1.54) is 18.4 Å². The van der Waals surface area contributed by atoms with Gasteiger partial charge >= 0.3 is 0 Å². The van der Waals surface area contributed by atoms with Crippen molar-refractivity contribution in [3.8, 4) is 0 Å². The largest absolute Gasteiger partial charge is 0.0877 e. The monoisotopic (exact) mass is 124 g/mol. The molecule has 0 amide bonds. The SMILES string of the molecule is CC=CC=C(CC)CC. The molecule has 0 atom stereocenters. The van der Waals surface area contributed by atoms with E-state index in [1.54, 1.807) is 0 Å². The highest BCUT2D eigenvalue weighted by Gasteiger charge is 1.83. The topological polar surface area (TPSA) is 0 Å². The highest BCUT2D eigenvalue weighted by atomic mass is 13.9. The zero-order valence-electron chi connectivity index (χ0n) is 6.65. The van der Waals surface area contributed by atoms with Gasteiger partial charge in [-0.2, -0.15) is 0 Å². The molecule has 0 N–H and O–H groups in total. The van der Waals surface area contributed by atoms with Crippen LogP contribution in [0.1, 0.15) is 33.6 Å². The first kappa shape index (κ1) is 8.48. The third kappa shape index (κ3) is 4.01. The van der Waals surface area contributed by atoms with Gasteiger partial charge in [-0.05, 0) is 19.8 Å². The molecule has 0 heteroatoms. The molecule has 0 spiro atoms. The summed E-state index contributed by atoms with van der Waals surface area (Å²) in [6, 6.07) is 0.